The summed E-state index contributed by atoms with van der Waals surface area (Å²) < 4.78 is 20.6. The van der Waals surface area contributed by atoms with Crippen LogP contribution in [0.5, 0.6) is 5.75 Å². The summed E-state index contributed by atoms with van der Waals surface area (Å²) in [5.41, 5.74) is 0.106. The first-order valence-electron chi connectivity index (χ1n) is 9.68. The van der Waals surface area contributed by atoms with Crippen LogP contribution >= 0.6 is 0 Å². The fraction of sp³-hybridized carbons (Fsp3) is 0.500. The predicted octanol–water partition coefficient (Wildman–Crippen LogP) is 3.09. The van der Waals surface area contributed by atoms with Crippen molar-refractivity contribution in [3.05, 3.63) is 42.5 Å². The van der Waals surface area contributed by atoms with Crippen molar-refractivity contribution in [3.63, 3.8) is 0 Å². The summed E-state index contributed by atoms with van der Waals surface area (Å²) in [4.78, 5) is 38.9. The molecule has 2 rings (SSSR count). The number of hydrogen-bond donors (Lipinski definition) is 0. The van der Waals surface area contributed by atoms with Crippen molar-refractivity contribution in [2.24, 2.45) is 5.92 Å². The molecule has 0 spiro atoms. The Morgan fingerprint density at radius 2 is 1.87 bits per heavy atom. The van der Waals surface area contributed by atoms with Crippen LogP contribution in [0.15, 0.2) is 36.9 Å². The minimum atomic E-state index is -0.924. The number of carbonyl (C=O) groups excluding carboxylic acids is 3. The third-order valence-electron chi connectivity index (χ3n) is 4.51. The zero-order chi connectivity index (χ0) is 22.5. The Balaban J connectivity index is 2.17. The second-order valence-electron chi connectivity index (χ2n) is 7.99. The number of rotatable bonds is 8. The Hall–Kier alpha value is -3.03. The highest BCUT2D eigenvalue weighted by molar-refractivity contribution is 5.97. The Morgan fingerprint density at radius 3 is 2.40 bits per heavy atom. The maximum atomic E-state index is 12.9. The molecule has 164 valence electrons. The molecule has 0 bridgehead atoms. The van der Waals surface area contributed by atoms with Crippen molar-refractivity contribution in [3.8, 4) is 5.75 Å². The second kappa shape index (κ2) is 9.65. The topological polar surface area (TPSA) is 91.4 Å². The van der Waals surface area contributed by atoms with Gasteiger partial charge in [0.25, 0.3) is 0 Å². The average molecular weight is 419 g/mol. The van der Waals surface area contributed by atoms with Crippen molar-refractivity contribution in [2.75, 3.05) is 13.7 Å². The monoisotopic (exact) mass is 419 g/mol. The molecule has 0 N–H and O–H groups in total. The van der Waals surface area contributed by atoms with Gasteiger partial charge in [-0.15, -0.1) is 0 Å². The van der Waals surface area contributed by atoms with Gasteiger partial charge in [0.2, 0.25) is 5.91 Å². The van der Waals surface area contributed by atoms with E-state index in [4.69, 9.17) is 18.9 Å². The molecule has 0 saturated carbocycles. The average Bonchev–Trinajstić information content (AvgIpc) is 2.67. The lowest BCUT2D eigenvalue weighted by Crippen LogP contribution is -2.67. The van der Waals surface area contributed by atoms with Crippen LogP contribution in [-0.4, -0.2) is 54.4 Å². The van der Waals surface area contributed by atoms with E-state index in [9.17, 15) is 14.4 Å². The molecule has 0 radical (unpaired) electrons. The van der Waals surface area contributed by atoms with Gasteiger partial charge in [-0.25, -0.2) is 9.59 Å². The molecule has 1 heterocycles. The van der Waals surface area contributed by atoms with Gasteiger partial charge in [-0.05, 0) is 45.4 Å². The highest BCUT2D eigenvalue weighted by Crippen LogP contribution is 2.34. The molecule has 30 heavy (non-hydrogen) atoms. The van der Waals surface area contributed by atoms with E-state index >= 15 is 0 Å². The van der Waals surface area contributed by atoms with Crippen molar-refractivity contribution in [2.45, 2.75) is 52.0 Å². The van der Waals surface area contributed by atoms with E-state index in [1.807, 2.05) is 12.1 Å². The normalized spacial score (nSPS) is 19.4. The van der Waals surface area contributed by atoms with Crippen LogP contribution in [0.1, 0.15) is 33.3 Å². The number of β-lactam (4-membered cyclic amide) rings is 1. The summed E-state index contributed by atoms with van der Waals surface area (Å²) in [6.45, 7) is 10.5. The molecule has 2 unspecified atom stereocenters. The lowest BCUT2D eigenvalue weighted by molar-refractivity contribution is -0.188. The zero-order valence-corrected chi connectivity index (χ0v) is 18.0. The van der Waals surface area contributed by atoms with Crippen LogP contribution in [0, 0.1) is 5.92 Å². The van der Waals surface area contributed by atoms with Crippen LogP contribution in [0.25, 0.3) is 0 Å². The third-order valence-corrected chi connectivity index (χ3v) is 4.51. The van der Waals surface area contributed by atoms with Crippen molar-refractivity contribution >= 4 is 18.0 Å². The zero-order valence-electron chi connectivity index (χ0n) is 18.0. The molecule has 1 saturated heterocycles. The van der Waals surface area contributed by atoms with E-state index in [0.717, 1.165) is 5.56 Å². The fourth-order valence-electron chi connectivity index (χ4n) is 3.16. The van der Waals surface area contributed by atoms with Crippen molar-refractivity contribution in [1.29, 1.82) is 0 Å². The van der Waals surface area contributed by atoms with E-state index in [1.165, 1.54) is 11.0 Å². The number of amides is 1. The first-order valence-corrected chi connectivity index (χ1v) is 9.68. The number of carbonyl (C=O) groups is 3. The van der Waals surface area contributed by atoms with Gasteiger partial charge in [0, 0.05) is 6.54 Å². The third kappa shape index (κ3) is 5.75. The van der Waals surface area contributed by atoms with Gasteiger partial charge in [-0.3, -0.25) is 4.79 Å². The summed E-state index contributed by atoms with van der Waals surface area (Å²) >= 11 is 0. The standard InChI is InChI=1S/C22H29NO7/c1-7-12-28-21(26)29-14(2)17-18(20(25)30-22(3,4)5)23(19(17)24)13-15-8-10-16(27-6)11-9-15/h7-11,14,17-18H,1,12-13H2,2-6H3/t14-,17?,18?/m1/s1. The smallest absolute Gasteiger partial charge is 0.497 e. The molecule has 1 aromatic rings. The first kappa shape index (κ1) is 23.3. The number of methoxy groups -OCH3 is 1. The van der Waals surface area contributed by atoms with Crippen LogP contribution in [-0.2, 0) is 30.3 Å². The highest BCUT2D eigenvalue weighted by Gasteiger charge is 2.56. The van der Waals surface area contributed by atoms with Gasteiger partial charge >= 0.3 is 12.1 Å². The van der Waals surface area contributed by atoms with Gasteiger partial charge < -0.3 is 23.8 Å². The summed E-state index contributed by atoms with van der Waals surface area (Å²) in [5.74, 6) is -1.01. The van der Waals surface area contributed by atoms with Crippen LogP contribution in [0.4, 0.5) is 4.79 Å². The lowest BCUT2D eigenvalue weighted by Gasteiger charge is -2.47. The van der Waals surface area contributed by atoms with Crippen molar-refractivity contribution < 1.29 is 33.3 Å². The minimum Gasteiger partial charge on any atom is -0.497 e. The number of benzene rings is 1. The van der Waals surface area contributed by atoms with E-state index in [-0.39, 0.29) is 19.1 Å². The Kier molecular flexibility index (Phi) is 7.48. The summed E-state index contributed by atoms with van der Waals surface area (Å²) in [6, 6.07) is 6.32. The summed E-state index contributed by atoms with van der Waals surface area (Å²) in [6.07, 6.45) is -0.383. The molecule has 0 aliphatic carbocycles. The maximum absolute atomic E-state index is 12.9. The molecular formula is C22H29NO7. The van der Waals surface area contributed by atoms with E-state index < -0.39 is 35.8 Å². The molecule has 1 aliphatic rings. The van der Waals surface area contributed by atoms with Gasteiger partial charge in [-0.2, -0.15) is 0 Å². The first-order chi connectivity index (χ1) is 14.1. The molecule has 0 aromatic heterocycles. The van der Waals surface area contributed by atoms with E-state index in [2.05, 4.69) is 6.58 Å². The number of hydrogen-bond acceptors (Lipinski definition) is 7. The predicted molar refractivity (Wildman–Crippen MR) is 109 cm³/mol. The number of likely N-dealkylation sites (tertiary alicyclic amines) is 1. The molecule has 3 atom stereocenters. The lowest BCUT2D eigenvalue weighted by atomic mass is 9.82. The Labute approximate surface area is 176 Å². The van der Waals surface area contributed by atoms with Gasteiger partial charge in [0.05, 0.1) is 7.11 Å². The SMILES string of the molecule is C=CCOC(=O)O[C@H](C)C1C(=O)N(Cc2ccc(OC)cc2)C1C(=O)OC(C)(C)C. The fourth-order valence-corrected chi connectivity index (χ4v) is 3.16. The molecule has 1 amide bonds. The van der Waals surface area contributed by atoms with Crippen LogP contribution in [0.3, 0.4) is 0 Å². The number of esters is 1. The molecular weight excluding hydrogens is 390 g/mol. The largest absolute Gasteiger partial charge is 0.508 e. The quantitative estimate of drug-likeness (QED) is 0.363. The maximum Gasteiger partial charge on any atom is 0.508 e. The molecule has 8 nitrogen and oxygen atoms in total. The van der Waals surface area contributed by atoms with Gasteiger partial charge in [0.15, 0.2) is 0 Å². The Morgan fingerprint density at radius 1 is 1.23 bits per heavy atom. The molecule has 1 fully saturated rings. The molecule has 8 heteroatoms. The van der Waals surface area contributed by atoms with Crippen LogP contribution < -0.4 is 4.74 Å². The minimum absolute atomic E-state index is 0.0107. The highest BCUT2D eigenvalue weighted by atomic mass is 16.7. The van der Waals surface area contributed by atoms with Crippen molar-refractivity contribution in [1.82, 2.24) is 4.90 Å². The number of nitrogens with zero attached hydrogens (tertiary/aromatic N) is 1. The Bertz CT molecular complexity index is 782. The van der Waals surface area contributed by atoms with E-state index in [0.29, 0.717) is 5.75 Å². The molecule has 1 aromatic carbocycles. The van der Waals surface area contributed by atoms with Crippen LogP contribution in [0.2, 0.25) is 0 Å². The number of ether oxygens (including phenoxy) is 4. The molecule has 1 aliphatic heterocycles. The van der Waals surface area contributed by atoms with E-state index in [1.54, 1.807) is 46.9 Å². The second-order valence-corrected chi connectivity index (χ2v) is 7.99. The van der Waals surface area contributed by atoms with Gasteiger partial charge in [0.1, 0.15) is 36.0 Å². The summed E-state index contributed by atoms with van der Waals surface area (Å²) in [7, 11) is 1.57. The van der Waals surface area contributed by atoms with Gasteiger partial charge in [-0.1, -0.05) is 24.8 Å². The summed E-state index contributed by atoms with van der Waals surface area (Å²) in [5, 5.41) is 0.